The molecular weight excluding hydrogens is 236 g/mol. The molecule has 1 aliphatic rings. The zero-order valence-electron chi connectivity index (χ0n) is 11.2. The minimum absolute atomic E-state index is 0.239. The van der Waals surface area contributed by atoms with Gasteiger partial charge in [0.2, 0.25) is 10.0 Å². The van der Waals surface area contributed by atoms with Crippen LogP contribution in [0.1, 0.15) is 39.5 Å². The third-order valence-corrected chi connectivity index (χ3v) is 4.98. The molecule has 1 saturated heterocycles. The highest BCUT2D eigenvalue weighted by atomic mass is 32.2. The van der Waals surface area contributed by atoms with Gasteiger partial charge in [0, 0.05) is 19.1 Å². The predicted octanol–water partition coefficient (Wildman–Crippen LogP) is 1.42. The normalized spacial score (nSPS) is 25.1. The zero-order valence-corrected chi connectivity index (χ0v) is 12.0. The van der Waals surface area contributed by atoms with Crippen LogP contribution in [0, 0.1) is 11.8 Å². The molecular formula is C12H26N2O2S. The molecule has 0 aromatic carbocycles. The molecule has 0 aliphatic carbocycles. The van der Waals surface area contributed by atoms with E-state index in [0.29, 0.717) is 24.9 Å². The van der Waals surface area contributed by atoms with Gasteiger partial charge in [-0.2, -0.15) is 0 Å². The van der Waals surface area contributed by atoms with Crippen LogP contribution in [0.3, 0.4) is 0 Å². The lowest BCUT2D eigenvalue weighted by Gasteiger charge is -2.31. The van der Waals surface area contributed by atoms with Gasteiger partial charge in [-0.05, 0) is 37.5 Å². The Morgan fingerprint density at radius 1 is 1.41 bits per heavy atom. The first-order valence-electron chi connectivity index (χ1n) is 6.51. The summed E-state index contributed by atoms with van der Waals surface area (Å²) in [7, 11) is -3.01. The van der Waals surface area contributed by atoms with Gasteiger partial charge in [0.05, 0.1) is 6.26 Å². The molecule has 0 spiro atoms. The van der Waals surface area contributed by atoms with Crippen molar-refractivity contribution in [1.82, 2.24) is 4.31 Å². The monoisotopic (exact) mass is 262 g/mol. The van der Waals surface area contributed by atoms with Crippen molar-refractivity contribution >= 4 is 10.0 Å². The molecule has 1 fully saturated rings. The summed E-state index contributed by atoms with van der Waals surface area (Å²) < 4.78 is 24.6. The van der Waals surface area contributed by atoms with Gasteiger partial charge < -0.3 is 5.73 Å². The van der Waals surface area contributed by atoms with E-state index in [1.807, 2.05) is 0 Å². The van der Waals surface area contributed by atoms with Gasteiger partial charge in [-0.15, -0.1) is 0 Å². The molecule has 2 N–H and O–H groups in total. The van der Waals surface area contributed by atoms with Gasteiger partial charge in [0.1, 0.15) is 0 Å². The maximum absolute atomic E-state index is 11.5. The van der Waals surface area contributed by atoms with Crippen LogP contribution >= 0.6 is 0 Å². The zero-order chi connectivity index (χ0) is 13.1. The molecule has 4 nitrogen and oxygen atoms in total. The molecule has 17 heavy (non-hydrogen) atoms. The first-order chi connectivity index (χ1) is 7.80. The number of sulfonamides is 1. The smallest absolute Gasteiger partial charge is 0.211 e. The number of hydrogen-bond donors (Lipinski definition) is 1. The molecule has 0 amide bonds. The highest BCUT2D eigenvalue weighted by Gasteiger charge is 2.26. The third kappa shape index (κ3) is 4.94. The summed E-state index contributed by atoms with van der Waals surface area (Å²) in [6, 6.07) is 0.239. The van der Waals surface area contributed by atoms with E-state index in [2.05, 4.69) is 13.8 Å². The standard InChI is InChI=1S/C12H26N2O2S/c1-10(2)12(13)7-6-11-5-4-8-14(9-11)17(3,15)16/h10-12H,4-9,13H2,1-3H3. The Morgan fingerprint density at radius 2 is 2.06 bits per heavy atom. The quantitative estimate of drug-likeness (QED) is 0.815. The maximum atomic E-state index is 11.5. The van der Waals surface area contributed by atoms with Crippen LogP contribution < -0.4 is 5.73 Å². The van der Waals surface area contributed by atoms with Crippen molar-refractivity contribution in [3.05, 3.63) is 0 Å². The summed E-state index contributed by atoms with van der Waals surface area (Å²) in [5, 5.41) is 0. The van der Waals surface area contributed by atoms with Gasteiger partial charge in [-0.1, -0.05) is 13.8 Å². The van der Waals surface area contributed by atoms with E-state index in [9.17, 15) is 8.42 Å². The Morgan fingerprint density at radius 3 is 2.59 bits per heavy atom. The minimum Gasteiger partial charge on any atom is -0.327 e. The van der Waals surface area contributed by atoms with Crippen molar-refractivity contribution in [2.24, 2.45) is 17.6 Å². The van der Waals surface area contributed by atoms with E-state index >= 15 is 0 Å². The molecule has 102 valence electrons. The van der Waals surface area contributed by atoms with E-state index in [0.717, 1.165) is 25.7 Å². The van der Waals surface area contributed by atoms with Crippen molar-refractivity contribution in [2.45, 2.75) is 45.6 Å². The van der Waals surface area contributed by atoms with Crippen molar-refractivity contribution in [2.75, 3.05) is 19.3 Å². The van der Waals surface area contributed by atoms with E-state index in [-0.39, 0.29) is 6.04 Å². The fourth-order valence-corrected chi connectivity index (χ4v) is 3.27. The SMILES string of the molecule is CC(C)C(N)CCC1CCCN(S(C)(=O)=O)C1. The van der Waals surface area contributed by atoms with Crippen LogP contribution in [-0.2, 0) is 10.0 Å². The van der Waals surface area contributed by atoms with Gasteiger partial charge in [0.25, 0.3) is 0 Å². The van der Waals surface area contributed by atoms with Crippen LogP contribution in [0.4, 0.5) is 0 Å². The van der Waals surface area contributed by atoms with Crippen LogP contribution in [0.5, 0.6) is 0 Å². The Hall–Kier alpha value is -0.130. The van der Waals surface area contributed by atoms with Crippen LogP contribution in [0.2, 0.25) is 0 Å². The summed E-state index contributed by atoms with van der Waals surface area (Å²) in [6.07, 6.45) is 5.46. The Labute approximate surface area is 106 Å². The van der Waals surface area contributed by atoms with Crippen molar-refractivity contribution < 1.29 is 8.42 Å². The average Bonchev–Trinajstić information content (AvgIpc) is 2.25. The molecule has 0 saturated carbocycles. The second kappa shape index (κ2) is 6.16. The molecule has 0 radical (unpaired) electrons. The van der Waals surface area contributed by atoms with Gasteiger partial charge >= 0.3 is 0 Å². The largest absolute Gasteiger partial charge is 0.327 e. The first kappa shape index (κ1) is 14.9. The Kier molecular flexibility index (Phi) is 5.41. The van der Waals surface area contributed by atoms with E-state index in [1.165, 1.54) is 6.26 Å². The van der Waals surface area contributed by atoms with Crippen LogP contribution in [-0.4, -0.2) is 38.1 Å². The van der Waals surface area contributed by atoms with E-state index < -0.39 is 10.0 Å². The summed E-state index contributed by atoms with van der Waals surface area (Å²) in [5.41, 5.74) is 6.02. The lowest BCUT2D eigenvalue weighted by Crippen LogP contribution is -2.39. The second-order valence-electron chi connectivity index (χ2n) is 5.61. The molecule has 1 aliphatic heterocycles. The minimum atomic E-state index is -3.01. The summed E-state index contributed by atoms with van der Waals surface area (Å²) >= 11 is 0. The van der Waals surface area contributed by atoms with Gasteiger partial charge in [0.15, 0.2) is 0 Å². The lowest BCUT2D eigenvalue weighted by molar-refractivity contribution is 0.245. The summed E-state index contributed by atoms with van der Waals surface area (Å²) in [6.45, 7) is 5.64. The fraction of sp³-hybridized carbons (Fsp3) is 1.00. The first-order valence-corrected chi connectivity index (χ1v) is 8.36. The molecule has 1 rings (SSSR count). The molecule has 1 heterocycles. The lowest BCUT2D eigenvalue weighted by atomic mass is 9.90. The number of rotatable bonds is 5. The highest BCUT2D eigenvalue weighted by molar-refractivity contribution is 7.88. The van der Waals surface area contributed by atoms with Crippen molar-refractivity contribution in [3.8, 4) is 0 Å². The highest BCUT2D eigenvalue weighted by Crippen LogP contribution is 2.23. The number of nitrogens with two attached hydrogens (primary N) is 1. The molecule has 2 atom stereocenters. The van der Waals surface area contributed by atoms with E-state index in [1.54, 1.807) is 4.31 Å². The van der Waals surface area contributed by atoms with E-state index in [4.69, 9.17) is 5.73 Å². The van der Waals surface area contributed by atoms with Crippen LogP contribution in [0.25, 0.3) is 0 Å². The summed E-state index contributed by atoms with van der Waals surface area (Å²) in [5.74, 6) is 0.993. The molecule has 0 bridgehead atoms. The number of piperidine rings is 1. The molecule has 0 aromatic heterocycles. The van der Waals surface area contributed by atoms with Crippen molar-refractivity contribution in [3.63, 3.8) is 0 Å². The molecule has 0 aromatic rings. The topological polar surface area (TPSA) is 63.4 Å². The van der Waals surface area contributed by atoms with Crippen LogP contribution in [0.15, 0.2) is 0 Å². The second-order valence-corrected chi connectivity index (χ2v) is 7.60. The summed E-state index contributed by atoms with van der Waals surface area (Å²) in [4.78, 5) is 0. The van der Waals surface area contributed by atoms with Gasteiger partial charge in [-0.25, -0.2) is 12.7 Å². The average molecular weight is 262 g/mol. The Balaban J connectivity index is 2.40. The molecule has 2 unspecified atom stereocenters. The van der Waals surface area contributed by atoms with Gasteiger partial charge in [-0.3, -0.25) is 0 Å². The number of hydrogen-bond acceptors (Lipinski definition) is 3. The Bertz CT molecular complexity index is 327. The molecule has 5 heteroatoms. The maximum Gasteiger partial charge on any atom is 0.211 e. The number of nitrogens with zero attached hydrogens (tertiary/aromatic N) is 1. The third-order valence-electron chi connectivity index (χ3n) is 3.72. The van der Waals surface area contributed by atoms with Crippen molar-refractivity contribution in [1.29, 1.82) is 0 Å². The predicted molar refractivity (Wildman–Crippen MR) is 71.2 cm³/mol. The fourth-order valence-electron chi connectivity index (χ4n) is 2.33.